The van der Waals surface area contributed by atoms with Gasteiger partial charge in [0.15, 0.2) is 0 Å². The van der Waals surface area contributed by atoms with Crippen LogP contribution in [-0.4, -0.2) is 25.4 Å². The third-order valence-corrected chi connectivity index (χ3v) is 5.14. The minimum absolute atomic E-state index is 0.194. The van der Waals surface area contributed by atoms with Crippen LogP contribution in [0.4, 0.5) is 0 Å². The molecule has 0 saturated carbocycles. The summed E-state index contributed by atoms with van der Waals surface area (Å²) < 4.78 is 11.4. The second kappa shape index (κ2) is 16.4. The van der Waals surface area contributed by atoms with Crippen LogP contribution >= 0.6 is 0 Å². The van der Waals surface area contributed by atoms with Crippen molar-refractivity contribution < 1.29 is 9.47 Å². The van der Waals surface area contributed by atoms with Gasteiger partial charge in [0.05, 0.1) is 18.8 Å². The van der Waals surface area contributed by atoms with E-state index in [-0.39, 0.29) is 6.10 Å². The molecule has 0 amide bonds. The summed E-state index contributed by atoms with van der Waals surface area (Å²) in [4.78, 5) is 0. The standard InChI is InChI=1S/C22H43O2/c1-3-4-5-6-7-8-9-10-11-12-13-14-15-16-19-23-20-22-18-17-21(2)24-22/h21-22H,2-20H2,1H3/t21-,22-/m0/s1. The first-order valence-electron chi connectivity index (χ1n) is 10.9. The molecule has 0 aromatic rings. The van der Waals surface area contributed by atoms with Gasteiger partial charge in [0.25, 0.3) is 0 Å². The van der Waals surface area contributed by atoms with Crippen LogP contribution < -0.4 is 0 Å². The third kappa shape index (κ3) is 13.2. The monoisotopic (exact) mass is 339 g/mol. The Balaban J connectivity index is 1.66. The maximum absolute atomic E-state index is 5.72. The van der Waals surface area contributed by atoms with Crippen LogP contribution in [0.1, 0.15) is 110 Å². The van der Waals surface area contributed by atoms with Crippen LogP contribution in [0.5, 0.6) is 0 Å². The largest absolute Gasteiger partial charge is 0.379 e. The summed E-state index contributed by atoms with van der Waals surface area (Å²) >= 11 is 0. The molecule has 0 spiro atoms. The second-order valence-corrected chi connectivity index (χ2v) is 7.63. The summed E-state index contributed by atoms with van der Waals surface area (Å²) in [6, 6.07) is 0. The number of unbranched alkanes of at least 4 members (excludes halogenated alkanes) is 13. The molecule has 1 rings (SSSR count). The Morgan fingerprint density at radius 2 is 1.25 bits per heavy atom. The van der Waals surface area contributed by atoms with Gasteiger partial charge in [0.1, 0.15) is 0 Å². The van der Waals surface area contributed by atoms with Crippen molar-refractivity contribution >= 4 is 0 Å². The lowest BCUT2D eigenvalue weighted by Gasteiger charge is -2.11. The van der Waals surface area contributed by atoms with E-state index in [0.717, 1.165) is 26.1 Å². The highest BCUT2D eigenvalue weighted by atomic mass is 16.5. The van der Waals surface area contributed by atoms with Gasteiger partial charge < -0.3 is 9.47 Å². The van der Waals surface area contributed by atoms with Gasteiger partial charge in [-0.15, -0.1) is 0 Å². The molecule has 0 unspecified atom stereocenters. The number of hydrogen-bond donors (Lipinski definition) is 0. The minimum Gasteiger partial charge on any atom is -0.379 e. The molecule has 2 nitrogen and oxygen atoms in total. The van der Waals surface area contributed by atoms with E-state index in [1.807, 2.05) is 0 Å². The average Bonchev–Trinajstić information content (AvgIpc) is 3.00. The van der Waals surface area contributed by atoms with E-state index in [4.69, 9.17) is 9.47 Å². The highest BCUT2D eigenvalue weighted by Gasteiger charge is 2.21. The first kappa shape index (κ1) is 22.0. The average molecular weight is 340 g/mol. The molecule has 1 saturated heterocycles. The zero-order valence-electron chi connectivity index (χ0n) is 16.4. The first-order chi connectivity index (χ1) is 11.8. The Morgan fingerprint density at radius 1 is 0.750 bits per heavy atom. The normalized spacial score (nSPS) is 20.8. The SMILES string of the molecule is [CH2][C@H]1CC[C@@H](COCCCCCCCCCCCCCCCC)O1. The molecule has 143 valence electrons. The fourth-order valence-corrected chi connectivity index (χ4v) is 3.52. The second-order valence-electron chi connectivity index (χ2n) is 7.63. The summed E-state index contributed by atoms with van der Waals surface area (Å²) in [5.74, 6) is 0. The van der Waals surface area contributed by atoms with Crippen molar-refractivity contribution in [2.24, 2.45) is 0 Å². The van der Waals surface area contributed by atoms with Crippen molar-refractivity contribution in [3.05, 3.63) is 6.92 Å². The lowest BCUT2D eigenvalue weighted by atomic mass is 10.0. The summed E-state index contributed by atoms with van der Waals surface area (Å²) in [6.07, 6.45) is 22.4. The van der Waals surface area contributed by atoms with Gasteiger partial charge >= 0.3 is 0 Å². The van der Waals surface area contributed by atoms with Crippen LogP contribution in [0.2, 0.25) is 0 Å². The molecule has 1 heterocycles. The van der Waals surface area contributed by atoms with E-state index in [1.54, 1.807) is 0 Å². The molecule has 1 aliphatic rings. The molecule has 0 aromatic carbocycles. The molecule has 1 radical (unpaired) electrons. The zero-order chi connectivity index (χ0) is 17.3. The van der Waals surface area contributed by atoms with Crippen LogP contribution in [0.25, 0.3) is 0 Å². The smallest absolute Gasteiger partial charge is 0.0813 e. The quantitative estimate of drug-likeness (QED) is 0.269. The van der Waals surface area contributed by atoms with E-state index in [1.165, 1.54) is 89.9 Å². The Kier molecular flexibility index (Phi) is 15.0. The van der Waals surface area contributed by atoms with Crippen molar-refractivity contribution in [2.75, 3.05) is 13.2 Å². The Hall–Kier alpha value is -0.0800. The van der Waals surface area contributed by atoms with Gasteiger partial charge in [-0.25, -0.2) is 0 Å². The highest BCUT2D eigenvalue weighted by molar-refractivity contribution is 4.74. The third-order valence-electron chi connectivity index (χ3n) is 5.14. The first-order valence-corrected chi connectivity index (χ1v) is 10.9. The van der Waals surface area contributed by atoms with Gasteiger partial charge in [-0.1, -0.05) is 90.4 Å². The van der Waals surface area contributed by atoms with Gasteiger partial charge in [0.2, 0.25) is 0 Å². The Bertz CT molecular complexity index is 254. The van der Waals surface area contributed by atoms with Gasteiger partial charge in [-0.2, -0.15) is 0 Å². The van der Waals surface area contributed by atoms with E-state index in [9.17, 15) is 0 Å². The van der Waals surface area contributed by atoms with Crippen molar-refractivity contribution in [1.82, 2.24) is 0 Å². The number of ether oxygens (including phenoxy) is 2. The van der Waals surface area contributed by atoms with Gasteiger partial charge in [0, 0.05) is 6.61 Å². The van der Waals surface area contributed by atoms with E-state index >= 15 is 0 Å². The van der Waals surface area contributed by atoms with Crippen LogP contribution in [0, 0.1) is 6.92 Å². The molecule has 2 heteroatoms. The molecule has 0 N–H and O–H groups in total. The molecule has 0 aliphatic carbocycles. The molecule has 0 aromatic heterocycles. The summed E-state index contributed by atoms with van der Waals surface area (Å²) in [5, 5.41) is 0. The van der Waals surface area contributed by atoms with Crippen molar-refractivity contribution in [3.8, 4) is 0 Å². The zero-order valence-corrected chi connectivity index (χ0v) is 16.4. The lowest BCUT2D eigenvalue weighted by Crippen LogP contribution is -2.16. The van der Waals surface area contributed by atoms with E-state index in [0.29, 0.717) is 6.10 Å². The Labute approximate surface area is 152 Å². The topological polar surface area (TPSA) is 18.5 Å². The summed E-state index contributed by atoms with van der Waals surface area (Å²) in [7, 11) is 0. The van der Waals surface area contributed by atoms with E-state index in [2.05, 4.69) is 13.8 Å². The molecule has 2 atom stereocenters. The van der Waals surface area contributed by atoms with Gasteiger partial charge in [-0.05, 0) is 26.2 Å². The van der Waals surface area contributed by atoms with Crippen LogP contribution in [0.3, 0.4) is 0 Å². The van der Waals surface area contributed by atoms with Crippen molar-refractivity contribution in [1.29, 1.82) is 0 Å². The van der Waals surface area contributed by atoms with Crippen LogP contribution in [-0.2, 0) is 9.47 Å². The maximum Gasteiger partial charge on any atom is 0.0813 e. The molecule has 1 fully saturated rings. The van der Waals surface area contributed by atoms with Gasteiger partial charge in [-0.3, -0.25) is 0 Å². The fraction of sp³-hybridized carbons (Fsp3) is 0.955. The van der Waals surface area contributed by atoms with Crippen molar-refractivity contribution in [3.63, 3.8) is 0 Å². The molecular formula is C22H43O2. The predicted octanol–water partition coefficient (Wildman–Crippen LogP) is 6.87. The Morgan fingerprint density at radius 3 is 1.71 bits per heavy atom. The number of hydrogen-bond acceptors (Lipinski definition) is 2. The fourth-order valence-electron chi connectivity index (χ4n) is 3.52. The summed E-state index contributed by atoms with van der Waals surface area (Å²) in [6.45, 7) is 7.89. The maximum atomic E-state index is 5.72. The predicted molar refractivity (Wildman–Crippen MR) is 104 cm³/mol. The number of rotatable bonds is 17. The van der Waals surface area contributed by atoms with E-state index < -0.39 is 0 Å². The summed E-state index contributed by atoms with van der Waals surface area (Å²) in [5.41, 5.74) is 0. The molecule has 0 bridgehead atoms. The highest BCUT2D eigenvalue weighted by Crippen LogP contribution is 2.19. The molecule has 1 aliphatic heterocycles. The minimum atomic E-state index is 0.194. The van der Waals surface area contributed by atoms with Crippen molar-refractivity contribution in [2.45, 2.75) is 122 Å². The molecule has 24 heavy (non-hydrogen) atoms. The van der Waals surface area contributed by atoms with Crippen LogP contribution in [0.15, 0.2) is 0 Å². The molecular weight excluding hydrogens is 296 g/mol. The lowest BCUT2D eigenvalue weighted by molar-refractivity contribution is -0.00292.